The number of nitrogens with one attached hydrogen (secondary N) is 2. The molecule has 0 aliphatic heterocycles. The third-order valence-corrected chi connectivity index (χ3v) is 5.27. The normalized spacial score (nSPS) is 12.5. The molecule has 2 amide bonds. The summed E-state index contributed by atoms with van der Waals surface area (Å²) >= 11 is 0. The number of methoxy groups -OCH3 is 1. The van der Waals surface area contributed by atoms with Gasteiger partial charge in [0.2, 0.25) is 5.91 Å². The van der Waals surface area contributed by atoms with Crippen molar-refractivity contribution in [2.45, 2.75) is 52.6 Å². The average Bonchev–Trinajstić information content (AvgIpc) is 2.81. The Kier molecular flexibility index (Phi) is 9.88. The monoisotopic (exact) mass is 426 g/mol. The number of benzene rings is 2. The van der Waals surface area contributed by atoms with Crippen molar-refractivity contribution >= 4 is 11.8 Å². The fourth-order valence-corrected chi connectivity index (χ4v) is 3.08. The van der Waals surface area contributed by atoms with Crippen LogP contribution in [0.5, 0.6) is 11.5 Å². The van der Waals surface area contributed by atoms with Gasteiger partial charge < -0.3 is 20.1 Å². The molecule has 0 aromatic heterocycles. The van der Waals surface area contributed by atoms with Crippen molar-refractivity contribution in [3.05, 3.63) is 59.7 Å². The van der Waals surface area contributed by atoms with E-state index in [1.54, 1.807) is 31.4 Å². The smallest absolute Gasteiger partial charge is 0.251 e. The Balaban J connectivity index is 2.02. The number of rotatable bonds is 12. The number of ether oxygens (including phenoxy) is 2. The van der Waals surface area contributed by atoms with E-state index in [-0.39, 0.29) is 17.7 Å². The summed E-state index contributed by atoms with van der Waals surface area (Å²) in [5.74, 6) is 0.867. The topological polar surface area (TPSA) is 76.7 Å². The molecule has 0 spiro atoms. The van der Waals surface area contributed by atoms with E-state index in [9.17, 15) is 9.59 Å². The molecule has 0 radical (unpaired) electrons. The van der Waals surface area contributed by atoms with E-state index in [0.29, 0.717) is 30.2 Å². The third-order valence-electron chi connectivity index (χ3n) is 5.27. The lowest BCUT2D eigenvalue weighted by molar-refractivity contribution is -0.124. The molecule has 0 fully saturated rings. The van der Waals surface area contributed by atoms with E-state index in [0.717, 1.165) is 24.8 Å². The highest BCUT2D eigenvalue weighted by atomic mass is 16.5. The third kappa shape index (κ3) is 7.31. The molecule has 31 heavy (non-hydrogen) atoms. The van der Waals surface area contributed by atoms with Crippen LogP contribution in [0.3, 0.4) is 0 Å². The van der Waals surface area contributed by atoms with E-state index < -0.39 is 6.04 Å². The molecular weight excluding hydrogens is 392 g/mol. The van der Waals surface area contributed by atoms with Gasteiger partial charge in [0.05, 0.1) is 13.7 Å². The van der Waals surface area contributed by atoms with Crippen molar-refractivity contribution in [3.8, 4) is 11.5 Å². The lowest BCUT2D eigenvalue weighted by Crippen LogP contribution is -2.50. The van der Waals surface area contributed by atoms with Gasteiger partial charge in [0.15, 0.2) is 11.5 Å². The molecule has 0 heterocycles. The predicted octanol–water partition coefficient (Wildman–Crippen LogP) is 4.34. The molecule has 2 unspecified atom stereocenters. The second-order valence-electron chi connectivity index (χ2n) is 7.61. The molecule has 6 nitrogen and oxygen atoms in total. The first-order valence-electron chi connectivity index (χ1n) is 10.9. The quantitative estimate of drug-likeness (QED) is 0.495. The summed E-state index contributed by atoms with van der Waals surface area (Å²) in [6.45, 7) is 7.04. The summed E-state index contributed by atoms with van der Waals surface area (Å²) in [5.41, 5.74) is 1.43. The van der Waals surface area contributed by atoms with Crippen LogP contribution in [0.4, 0.5) is 0 Å². The van der Waals surface area contributed by atoms with Crippen LogP contribution in [-0.4, -0.2) is 31.6 Å². The minimum Gasteiger partial charge on any atom is -0.493 e. The van der Waals surface area contributed by atoms with Gasteiger partial charge in [-0.2, -0.15) is 0 Å². The molecule has 2 aromatic rings. The van der Waals surface area contributed by atoms with Crippen molar-refractivity contribution in [1.29, 1.82) is 0 Å². The van der Waals surface area contributed by atoms with Crippen LogP contribution in [0.15, 0.2) is 48.5 Å². The van der Waals surface area contributed by atoms with Gasteiger partial charge >= 0.3 is 0 Å². The number of hydrogen-bond acceptors (Lipinski definition) is 4. The van der Waals surface area contributed by atoms with Crippen molar-refractivity contribution in [2.75, 3.05) is 13.7 Å². The van der Waals surface area contributed by atoms with Crippen LogP contribution < -0.4 is 20.1 Å². The summed E-state index contributed by atoms with van der Waals surface area (Å²) in [6, 6.07) is 13.9. The number of carbonyl (C=O) groups is 2. The Morgan fingerprint density at radius 2 is 1.77 bits per heavy atom. The second-order valence-corrected chi connectivity index (χ2v) is 7.61. The van der Waals surface area contributed by atoms with Crippen LogP contribution in [0.1, 0.15) is 56.0 Å². The van der Waals surface area contributed by atoms with Crippen molar-refractivity contribution < 1.29 is 19.1 Å². The SMILES string of the molecule is CCCCOc1ccc(CNC(=O)C(NC(=O)c2ccccc2)C(C)CC)cc1OC. The fourth-order valence-electron chi connectivity index (χ4n) is 3.08. The lowest BCUT2D eigenvalue weighted by atomic mass is 9.97. The van der Waals surface area contributed by atoms with Crippen LogP contribution in [0.2, 0.25) is 0 Å². The number of carbonyl (C=O) groups excluding carboxylic acids is 2. The summed E-state index contributed by atoms with van der Waals surface area (Å²) in [6.07, 6.45) is 2.81. The Morgan fingerprint density at radius 3 is 2.42 bits per heavy atom. The Morgan fingerprint density at radius 1 is 1.03 bits per heavy atom. The van der Waals surface area contributed by atoms with Crippen molar-refractivity contribution in [2.24, 2.45) is 5.92 Å². The molecule has 0 aliphatic carbocycles. The zero-order valence-corrected chi connectivity index (χ0v) is 18.9. The molecular formula is C25H34N2O4. The van der Waals surface area contributed by atoms with Gasteiger partial charge in [0.25, 0.3) is 5.91 Å². The van der Waals surface area contributed by atoms with Crippen molar-refractivity contribution in [1.82, 2.24) is 10.6 Å². The number of amides is 2. The molecule has 0 saturated heterocycles. The first-order chi connectivity index (χ1) is 15.0. The maximum atomic E-state index is 12.9. The van der Waals surface area contributed by atoms with Gasteiger partial charge in [-0.15, -0.1) is 0 Å². The molecule has 2 N–H and O–H groups in total. The van der Waals surface area contributed by atoms with Crippen LogP contribution in [0.25, 0.3) is 0 Å². The average molecular weight is 427 g/mol. The van der Waals surface area contributed by atoms with Crippen LogP contribution >= 0.6 is 0 Å². The summed E-state index contributed by atoms with van der Waals surface area (Å²) < 4.78 is 11.2. The van der Waals surface area contributed by atoms with E-state index in [1.165, 1.54) is 0 Å². The number of hydrogen-bond donors (Lipinski definition) is 2. The largest absolute Gasteiger partial charge is 0.493 e. The molecule has 0 aliphatic rings. The fraction of sp³-hybridized carbons (Fsp3) is 0.440. The first-order valence-corrected chi connectivity index (χ1v) is 10.9. The lowest BCUT2D eigenvalue weighted by Gasteiger charge is -2.23. The zero-order valence-electron chi connectivity index (χ0n) is 18.9. The highest BCUT2D eigenvalue weighted by Crippen LogP contribution is 2.28. The van der Waals surface area contributed by atoms with Crippen LogP contribution in [0, 0.1) is 5.92 Å². The zero-order chi connectivity index (χ0) is 22.6. The molecule has 0 bridgehead atoms. The van der Waals surface area contributed by atoms with E-state index in [1.807, 2.05) is 38.1 Å². The minimum absolute atomic E-state index is 0.00320. The summed E-state index contributed by atoms with van der Waals surface area (Å²) in [7, 11) is 1.60. The van der Waals surface area contributed by atoms with Gasteiger partial charge in [-0.25, -0.2) is 0 Å². The molecule has 2 aromatic carbocycles. The Hall–Kier alpha value is -3.02. The number of unbranched alkanes of at least 4 members (excludes halogenated alkanes) is 1. The Labute approximate surface area is 185 Å². The predicted molar refractivity (Wildman–Crippen MR) is 122 cm³/mol. The van der Waals surface area contributed by atoms with Crippen LogP contribution in [-0.2, 0) is 11.3 Å². The molecule has 6 heteroatoms. The summed E-state index contributed by atoms with van der Waals surface area (Å²) in [4.78, 5) is 25.5. The summed E-state index contributed by atoms with van der Waals surface area (Å²) in [5, 5.41) is 5.83. The van der Waals surface area contributed by atoms with Gasteiger partial charge in [0.1, 0.15) is 6.04 Å². The van der Waals surface area contributed by atoms with Gasteiger partial charge in [-0.1, -0.05) is 57.9 Å². The minimum atomic E-state index is -0.615. The van der Waals surface area contributed by atoms with Gasteiger partial charge in [-0.05, 0) is 42.2 Å². The highest BCUT2D eigenvalue weighted by Gasteiger charge is 2.26. The molecule has 2 rings (SSSR count). The van der Waals surface area contributed by atoms with E-state index in [4.69, 9.17) is 9.47 Å². The van der Waals surface area contributed by atoms with Gasteiger partial charge in [-0.3, -0.25) is 9.59 Å². The maximum Gasteiger partial charge on any atom is 0.251 e. The maximum absolute atomic E-state index is 12.9. The Bertz CT molecular complexity index is 839. The first kappa shape index (κ1) is 24.3. The second kappa shape index (κ2) is 12.6. The van der Waals surface area contributed by atoms with E-state index in [2.05, 4.69) is 17.6 Å². The standard InChI is InChI=1S/C25H34N2O4/c1-5-7-15-31-21-14-13-19(16-22(21)30-4)17-26-25(29)23(18(3)6-2)27-24(28)20-11-9-8-10-12-20/h8-14,16,18,23H,5-7,15,17H2,1-4H3,(H,26,29)(H,27,28). The van der Waals surface area contributed by atoms with Gasteiger partial charge in [0, 0.05) is 12.1 Å². The molecule has 2 atom stereocenters. The van der Waals surface area contributed by atoms with Crippen molar-refractivity contribution in [3.63, 3.8) is 0 Å². The highest BCUT2D eigenvalue weighted by molar-refractivity contribution is 5.97. The molecule has 0 saturated carbocycles. The molecule has 168 valence electrons. The van der Waals surface area contributed by atoms with E-state index >= 15 is 0 Å².